The van der Waals surface area contributed by atoms with Gasteiger partial charge in [-0.15, -0.1) is 0 Å². The van der Waals surface area contributed by atoms with Crippen molar-refractivity contribution in [2.45, 2.75) is 37.8 Å². The van der Waals surface area contributed by atoms with Crippen LogP contribution < -0.4 is 14.8 Å². The number of ether oxygens (including phenoxy) is 4. The quantitative estimate of drug-likeness (QED) is 0.122. The van der Waals surface area contributed by atoms with Gasteiger partial charge in [-0.3, -0.25) is 4.79 Å². The van der Waals surface area contributed by atoms with Gasteiger partial charge in [0.25, 0.3) is 0 Å². The number of rotatable bonds is 17. The summed E-state index contributed by atoms with van der Waals surface area (Å²) in [6.45, 7) is 2.99. The fraction of sp³-hybridized carbons (Fsp3) is 0.519. The highest BCUT2D eigenvalue weighted by molar-refractivity contribution is 5.77. The van der Waals surface area contributed by atoms with E-state index < -0.39 is 11.7 Å². The number of halogens is 3. The smallest absolute Gasteiger partial charge is 0.416 e. The maximum Gasteiger partial charge on any atom is 0.416 e. The molecule has 0 fully saturated rings. The molecule has 2 aromatic carbocycles. The largest absolute Gasteiger partial charge is 0.493 e. The van der Waals surface area contributed by atoms with E-state index in [1.54, 1.807) is 0 Å². The SMILES string of the molecule is [N-]=[N+]=NCCOCCOCCNC(=O)C[C@@H]1CCc2cc(OCCCOc3ccc(C(F)(F)F)cc3)ccc21. The number of aryl methyl sites for hydroxylation is 1. The van der Waals surface area contributed by atoms with Crippen LogP contribution in [0.1, 0.15) is 41.9 Å². The van der Waals surface area contributed by atoms with E-state index in [1.807, 2.05) is 18.2 Å². The summed E-state index contributed by atoms with van der Waals surface area (Å²) in [5, 5.41) is 6.25. The van der Waals surface area contributed by atoms with E-state index in [9.17, 15) is 18.0 Å². The highest BCUT2D eigenvalue weighted by atomic mass is 19.4. The van der Waals surface area contributed by atoms with Crippen LogP contribution in [0.2, 0.25) is 0 Å². The summed E-state index contributed by atoms with van der Waals surface area (Å²) < 4.78 is 59.8. The number of amides is 1. The van der Waals surface area contributed by atoms with Crippen LogP contribution in [0.3, 0.4) is 0 Å². The van der Waals surface area contributed by atoms with Gasteiger partial charge in [-0.1, -0.05) is 11.2 Å². The summed E-state index contributed by atoms with van der Waals surface area (Å²) in [6.07, 6.45) is -1.59. The normalized spacial score (nSPS) is 14.4. The van der Waals surface area contributed by atoms with Gasteiger partial charge in [0.2, 0.25) is 5.91 Å². The molecule has 0 saturated carbocycles. The van der Waals surface area contributed by atoms with Crippen LogP contribution in [0.25, 0.3) is 10.4 Å². The summed E-state index contributed by atoms with van der Waals surface area (Å²) in [4.78, 5) is 15.0. The summed E-state index contributed by atoms with van der Waals surface area (Å²) in [5.41, 5.74) is 9.80. The molecule has 0 heterocycles. The summed E-state index contributed by atoms with van der Waals surface area (Å²) in [7, 11) is 0. The van der Waals surface area contributed by atoms with Crippen molar-refractivity contribution in [3.63, 3.8) is 0 Å². The lowest BCUT2D eigenvalue weighted by atomic mass is 9.97. The second-order valence-electron chi connectivity index (χ2n) is 8.90. The van der Waals surface area contributed by atoms with Gasteiger partial charge in [-0.2, -0.15) is 13.2 Å². The number of carbonyl (C=O) groups is 1. The molecule has 9 nitrogen and oxygen atoms in total. The van der Waals surface area contributed by atoms with Crippen molar-refractivity contribution >= 4 is 5.91 Å². The van der Waals surface area contributed by atoms with Gasteiger partial charge in [-0.05, 0) is 71.8 Å². The Hall–Kier alpha value is -3.47. The lowest BCUT2D eigenvalue weighted by Crippen LogP contribution is -2.28. The highest BCUT2D eigenvalue weighted by Gasteiger charge is 2.30. The second-order valence-corrected chi connectivity index (χ2v) is 8.90. The Morgan fingerprint density at radius 1 is 0.974 bits per heavy atom. The molecular weight excluding hydrogens is 517 g/mol. The molecular formula is C27H33F3N4O5. The number of benzene rings is 2. The number of carbonyl (C=O) groups excluding carboxylic acids is 1. The molecule has 0 spiro atoms. The molecule has 0 radical (unpaired) electrons. The highest BCUT2D eigenvalue weighted by Crippen LogP contribution is 2.37. The predicted molar refractivity (Wildman–Crippen MR) is 138 cm³/mol. The fourth-order valence-electron chi connectivity index (χ4n) is 4.19. The number of nitrogens with one attached hydrogen (secondary N) is 1. The lowest BCUT2D eigenvalue weighted by molar-refractivity contribution is -0.137. The monoisotopic (exact) mass is 550 g/mol. The van der Waals surface area contributed by atoms with E-state index in [1.165, 1.54) is 17.7 Å². The Morgan fingerprint density at radius 2 is 1.67 bits per heavy atom. The van der Waals surface area contributed by atoms with Crippen molar-refractivity contribution in [1.82, 2.24) is 5.32 Å². The van der Waals surface area contributed by atoms with E-state index in [0.717, 1.165) is 36.3 Å². The number of azide groups is 1. The minimum absolute atomic E-state index is 0.0181. The van der Waals surface area contributed by atoms with Crippen molar-refractivity contribution in [3.05, 3.63) is 69.6 Å². The molecule has 212 valence electrons. The minimum Gasteiger partial charge on any atom is -0.493 e. The zero-order chi connectivity index (χ0) is 27.9. The maximum atomic E-state index is 12.6. The standard InChI is InChI=1S/C27H33F3N4O5/c28-27(29,30)22-4-6-23(7-5-22)38-12-1-13-39-24-8-9-25-20(18-24)2-3-21(25)19-26(35)32-10-14-36-16-17-37-15-11-33-34-31/h4-9,18,21H,1-3,10-17,19H2,(H,32,35)/t21-/m0/s1. The van der Waals surface area contributed by atoms with Crippen molar-refractivity contribution in [2.75, 3.05) is 52.7 Å². The van der Waals surface area contributed by atoms with Gasteiger partial charge >= 0.3 is 6.18 Å². The third kappa shape index (κ3) is 10.7. The lowest BCUT2D eigenvalue weighted by Gasteiger charge is -2.13. The molecule has 1 aliphatic carbocycles. The van der Waals surface area contributed by atoms with E-state index in [2.05, 4.69) is 15.3 Å². The fourth-order valence-corrected chi connectivity index (χ4v) is 4.19. The topological polar surface area (TPSA) is 115 Å². The molecule has 1 N–H and O–H groups in total. The number of nitrogens with zero attached hydrogens (tertiary/aromatic N) is 3. The van der Waals surface area contributed by atoms with E-state index in [0.29, 0.717) is 64.8 Å². The summed E-state index contributed by atoms with van der Waals surface area (Å²) >= 11 is 0. The van der Waals surface area contributed by atoms with Crippen LogP contribution in [-0.4, -0.2) is 58.6 Å². The summed E-state index contributed by atoms with van der Waals surface area (Å²) in [5.74, 6) is 1.27. The molecule has 0 saturated heterocycles. The Morgan fingerprint density at radius 3 is 2.38 bits per heavy atom. The first kappa shape index (κ1) is 30.1. The first-order chi connectivity index (χ1) is 18.9. The van der Waals surface area contributed by atoms with E-state index in [-0.39, 0.29) is 18.4 Å². The van der Waals surface area contributed by atoms with Crippen molar-refractivity contribution in [2.24, 2.45) is 5.11 Å². The van der Waals surface area contributed by atoms with Crippen LogP contribution in [0.4, 0.5) is 13.2 Å². The van der Waals surface area contributed by atoms with Gasteiger partial charge < -0.3 is 24.3 Å². The number of hydrogen-bond donors (Lipinski definition) is 1. The molecule has 1 aliphatic rings. The predicted octanol–water partition coefficient (Wildman–Crippen LogP) is 5.43. The van der Waals surface area contributed by atoms with Gasteiger partial charge in [0.1, 0.15) is 11.5 Å². The van der Waals surface area contributed by atoms with Gasteiger partial charge in [0, 0.05) is 30.8 Å². The number of hydrogen-bond acceptors (Lipinski definition) is 6. The Labute approximate surface area is 225 Å². The molecule has 0 aromatic heterocycles. The first-order valence-electron chi connectivity index (χ1n) is 12.9. The zero-order valence-electron chi connectivity index (χ0n) is 21.6. The molecule has 3 rings (SSSR count). The Bertz CT molecular complexity index is 1090. The number of fused-ring (bicyclic) bond motifs is 1. The van der Waals surface area contributed by atoms with Crippen molar-refractivity contribution < 1.29 is 36.9 Å². The average molecular weight is 551 g/mol. The second kappa shape index (κ2) is 15.8. The van der Waals surface area contributed by atoms with E-state index >= 15 is 0 Å². The molecule has 1 amide bonds. The van der Waals surface area contributed by atoms with Gasteiger partial charge in [-0.25, -0.2) is 0 Å². The maximum absolute atomic E-state index is 12.6. The first-order valence-corrected chi connectivity index (χ1v) is 12.9. The average Bonchev–Trinajstić information content (AvgIpc) is 3.31. The van der Waals surface area contributed by atoms with E-state index in [4.69, 9.17) is 24.5 Å². The molecule has 1 atom stereocenters. The minimum atomic E-state index is -4.36. The van der Waals surface area contributed by atoms with Gasteiger partial charge in [0.15, 0.2) is 0 Å². The van der Waals surface area contributed by atoms with Crippen LogP contribution in [-0.2, 0) is 26.9 Å². The third-order valence-corrected chi connectivity index (χ3v) is 6.10. The van der Waals surface area contributed by atoms with Crippen molar-refractivity contribution in [3.8, 4) is 11.5 Å². The Kier molecular flexibility index (Phi) is 12.2. The summed E-state index contributed by atoms with van der Waals surface area (Å²) in [6, 6.07) is 10.5. The molecule has 2 aromatic rings. The van der Waals surface area contributed by atoms with Crippen LogP contribution in [0.15, 0.2) is 47.6 Å². The third-order valence-electron chi connectivity index (χ3n) is 6.10. The molecule has 39 heavy (non-hydrogen) atoms. The molecule has 12 heteroatoms. The Balaban J connectivity index is 1.28. The van der Waals surface area contributed by atoms with Crippen LogP contribution >= 0.6 is 0 Å². The van der Waals surface area contributed by atoms with Gasteiger partial charge in [0.05, 0.1) is 45.2 Å². The van der Waals surface area contributed by atoms with Crippen LogP contribution in [0.5, 0.6) is 11.5 Å². The van der Waals surface area contributed by atoms with Crippen molar-refractivity contribution in [1.29, 1.82) is 0 Å². The molecule has 0 unspecified atom stereocenters. The number of alkyl halides is 3. The molecule has 0 bridgehead atoms. The zero-order valence-corrected chi connectivity index (χ0v) is 21.6. The molecule has 0 aliphatic heterocycles. The van der Waals surface area contributed by atoms with Crippen LogP contribution in [0, 0.1) is 0 Å².